The fourth-order valence-electron chi connectivity index (χ4n) is 2.42. The van der Waals surface area contributed by atoms with Crippen LogP contribution in [0.5, 0.6) is 0 Å². The zero-order valence-electron chi connectivity index (χ0n) is 11.5. The normalized spacial score (nSPS) is 18.5. The number of nitrogens with zero attached hydrogens (tertiary/aromatic N) is 1. The van der Waals surface area contributed by atoms with Crippen molar-refractivity contribution in [1.29, 1.82) is 0 Å². The summed E-state index contributed by atoms with van der Waals surface area (Å²) in [6.45, 7) is 3.57. The number of nitrogen functional groups attached to an aromatic ring is 1. The van der Waals surface area contributed by atoms with Gasteiger partial charge >= 0.3 is 0 Å². The molecule has 2 N–H and O–H groups in total. The highest BCUT2D eigenvalue weighted by Gasteiger charge is 2.23. The van der Waals surface area contributed by atoms with Crippen molar-refractivity contribution in [2.24, 2.45) is 0 Å². The minimum absolute atomic E-state index is 0.0907. The Bertz CT molecular complexity index is 428. The van der Waals surface area contributed by atoms with Crippen molar-refractivity contribution in [3.8, 4) is 0 Å². The summed E-state index contributed by atoms with van der Waals surface area (Å²) in [7, 11) is 0. The van der Waals surface area contributed by atoms with E-state index in [9.17, 15) is 4.79 Å². The molecule has 0 bridgehead atoms. The van der Waals surface area contributed by atoms with Crippen LogP contribution in [0.15, 0.2) is 24.3 Å². The highest BCUT2D eigenvalue weighted by atomic mass is 16.5. The molecule has 104 valence electrons. The van der Waals surface area contributed by atoms with Gasteiger partial charge < -0.3 is 15.4 Å². The van der Waals surface area contributed by atoms with Crippen molar-refractivity contribution in [3.05, 3.63) is 24.3 Å². The maximum atomic E-state index is 12.4. The Balaban J connectivity index is 2.07. The third-order valence-electron chi connectivity index (χ3n) is 3.36. The average molecular weight is 262 g/mol. The molecule has 1 fully saturated rings. The number of nitrogens with two attached hydrogens (primary N) is 1. The monoisotopic (exact) mass is 262 g/mol. The van der Waals surface area contributed by atoms with Crippen molar-refractivity contribution in [2.75, 3.05) is 23.8 Å². The number of rotatable bonds is 5. The van der Waals surface area contributed by atoms with Crippen LogP contribution in [0.4, 0.5) is 11.4 Å². The predicted molar refractivity (Wildman–Crippen MR) is 77.1 cm³/mol. The molecule has 0 spiro atoms. The van der Waals surface area contributed by atoms with E-state index in [0.717, 1.165) is 38.1 Å². The summed E-state index contributed by atoms with van der Waals surface area (Å²) in [5.74, 6) is 0.124. The smallest absolute Gasteiger partial charge is 0.229 e. The van der Waals surface area contributed by atoms with E-state index in [2.05, 4.69) is 6.92 Å². The lowest BCUT2D eigenvalue weighted by molar-refractivity contribution is -0.120. The maximum absolute atomic E-state index is 12.4. The number of anilines is 2. The number of benzene rings is 1. The van der Waals surface area contributed by atoms with Crippen LogP contribution in [-0.2, 0) is 9.53 Å². The van der Waals surface area contributed by atoms with Crippen molar-refractivity contribution >= 4 is 17.3 Å². The summed E-state index contributed by atoms with van der Waals surface area (Å²) in [4.78, 5) is 14.2. The molecule has 1 heterocycles. The van der Waals surface area contributed by atoms with Gasteiger partial charge in [0.2, 0.25) is 5.91 Å². The molecule has 1 aromatic carbocycles. The summed E-state index contributed by atoms with van der Waals surface area (Å²) in [6.07, 6.45) is 3.53. The van der Waals surface area contributed by atoms with Crippen molar-refractivity contribution in [1.82, 2.24) is 0 Å². The number of carbonyl (C=O) groups is 1. The minimum Gasteiger partial charge on any atom is -0.399 e. The van der Waals surface area contributed by atoms with Gasteiger partial charge in [-0.3, -0.25) is 4.79 Å². The van der Waals surface area contributed by atoms with E-state index < -0.39 is 0 Å². The largest absolute Gasteiger partial charge is 0.399 e. The Kier molecular flexibility index (Phi) is 4.80. The van der Waals surface area contributed by atoms with E-state index in [1.807, 2.05) is 29.2 Å². The molecule has 2 rings (SSSR count). The molecule has 1 atom stereocenters. The number of hydrogen-bond acceptors (Lipinski definition) is 3. The van der Waals surface area contributed by atoms with Crippen molar-refractivity contribution < 1.29 is 9.53 Å². The van der Waals surface area contributed by atoms with Gasteiger partial charge in [-0.25, -0.2) is 0 Å². The molecule has 19 heavy (non-hydrogen) atoms. The van der Waals surface area contributed by atoms with Gasteiger partial charge in [0.15, 0.2) is 0 Å². The molecule has 1 aliphatic heterocycles. The molecule has 4 nitrogen and oxygen atoms in total. The molecular formula is C15H22N2O2. The van der Waals surface area contributed by atoms with Crippen LogP contribution in [0, 0.1) is 0 Å². The molecule has 0 aromatic heterocycles. The first-order valence-corrected chi connectivity index (χ1v) is 6.98. The molecular weight excluding hydrogens is 240 g/mol. The van der Waals surface area contributed by atoms with Gasteiger partial charge in [0, 0.05) is 24.5 Å². The van der Waals surface area contributed by atoms with E-state index in [4.69, 9.17) is 10.5 Å². The molecule has 0 aliphatic carbocycles. The van der Waals surface area contributed by atoms with Gasteiger partial charge in [0.1, 0.15) is 0 Å². The van der Waals surface area contributed by atoms with Gasteiger partial charge in [-0.2, -0.15) is 0 Å². The topological polar surface area (TPSA) is 55.6 Å². The van der Waals surface area contributed by atoms with Crippen LogP contribution in [-0.4, -0.2) is 25.2 Å². The van der Waals surface area contributed by atoms with E-state index in [1.165, 1.54) is 0 Å². The standard InChI is InChI=1S/C15H22N2O2/c1-2-8-17(13-6-3-5-12(16)10-13)15(18)11-14-7-4-9-19-14/h3,5-6,10,14H,2,4,7-9,11,16H2,1H3. The van der Waals surface area contributed by atoms with E-state index in [0.29, 0.717) is 12.1 Å². The number of hydrogen-bond donors (Lipinski definition) is 1. The molecule has 1 saturated heterocycles. The quantitative estimate of drug-likeness (QED) is 0.830. The number of ether oxygens (including phenoxy) is 1. The summed E-state index contributed by atoms with van der Waals surface area (Å²) in [5.41, 5.74) is 7.36. The van der Waals surface area contributed by atoms with Crippen LogP contribution < -0.4 is 10.6 Å². The summed E-state index contributed by atoms with van der Waals surface area (Å²) < 4.78 is 5.54. The Morgan fingerprint density at radius 1 is 1.53 bits per heavy atom. The Morgan fingerprint density at radius 2 is 2.37 bits per heavy atom. The second-order valence-electron chi connectivity index (χ2n) is 4.98. The summed E-state index contributed by atoms with van der Waals surface area (Å²) in [6, 6.07) is 7.49. The zero-order valence-corrected chi connectivity index (χ0v) is 11.5. The lowest BCUT2D eigenvalue weighted by Crippen LogP contribution is -2.34. The molecule has 0 radical (unpaired) electrons. The molecule has 0 saturated carbocycles. The van der Waals surface area contributed by atoms with Crippen LogP contribution >= 0.6 is 0 Å². The first-order chi connectivity index (χ1) is 9.20. The molecule has 1 amide bonds. The zero-order chi connectivity index (χ0) is 13.7. The van der Waals surface area contributed by atoms with E-state index >= 15 is 0 Å². The lowest BCUT2D eigenvalue weighted by atomic mass is 10.1. The first-order valence-electron chi connectivity index (χ1n) is 6.98. The summed E-state index contributed by atoms with van der Waals surface area (Å²) in [5, 5.41) is 0. The van der Waals surface area contributed by atoms with Gasteiger partial charge in [0.25, 0.3) is 0 Å². The Labute approximate surface area is 114 Å². The molecule has 4 heteroatoms. The van der Waals surface area contributed by atoms with Crippen LogP contribution in [0.1, 0.15) is 32.6 Å². The van der Waals surface area contributed by atoms with Crippen LogP contribution in [0.2, 0.25) is 0 Å². The van der Waals surface area contributed by atoms with Crippen LogP contribution in [0.25, 0.3) is 0 Å². The minimum atomic E-state index is 0.0907. The number of amides is 1. The fourth-order valence-corrected chi connectivity index (χ4v) is 2.42. The van der Waals surface area contributed by atoms with Gasteiger partial charge in [0.05, 0.1) is 12.5 Å². The lowest BCUT2D eigenvalue weighted by Gasteiger charge is -2.24. The van der Waals surface area contributed by atoms with Crippen molar-refractivity contribution in [2.45, 2.75) is 38.7 Å². The highest BCUT2D eigenvalue weighted by Crippen LogP contribution is 2.22. The van der Waals surface area contributed by atoms with E-state index in [-0.39, 0.29) is 12.0 Å². The SMILES string of the molecule is CCCN(C(=O)CC1CCCO1)c1cccc(N)c1. The molecule has 1 aliphatic rings. The molecule has 1 aromatic rings. The third-order valence-corrected chi connectivity index (χ3v) is 3.36. The fraction of sp³-hybridized carbons (Fsp3) is 0.533. The Hall–Kier alpha value is -1.55. The third kappa shape index (κ3) is 3.70. The van der Waals surface area contributed by atoms with Gasteiger partial charge in [-0.15, -0.1) is 0 Å². The van der Waals surface area contributed by atoms with Crippen LogP contribution in [0.3, 0.4) is 0 Å². The second-order valence-corrected chi connectivity index (χ2v) is 4.98. The average Bonchev–Trinajstić information content (AvgIpc) is 2.88. The highest BCUT2D eigenvalue weighted by molar-refractivity contribution is 5.94. The van der Waals surface area contributed by atoms with Gasteiger partial charge in [-0.05, 0) is 37.5 Å². The molecule has 1 unspecified atom stereocenters. The number of carbonyl (C=O) groups excluding carboxylic acids is 1. The maximum Gasteiger partial charge on any atom is 0.229 e. The van der Waals surface area contributed by atoms with Crippen molar-refractivity contribution in [3.63, 3.8) is 0 Å². The summed E-state index contributed by atoms with van der Waals surface area (Å²) >= 11 is 0. The second kappa shape index (κ2) is 6.57. The Morgan fingerprint density at radius 3 is 3.00 bits per heavy atom. The predicted octanol–water partition coefficient (Wildman–Crippen LogP) is 2.58. The van der Waals surface area contributed by atoms with E-state index in [1.54, 1.807) is 0 Å². The first kappa shape index (κ1) is 13.9. The van der Waals surface area contributed by atoms with Gasteiger partial charge in [-0.1, -0.05) is 13.0 Å².